The largest absolute Gasteiger partial charge is 0.438 e. The first-order chi connectivity index (χ1) is 24.3. The van der Waals surface area contributed by atoms with Crippen LogP contribution in [0.4, 0.5) is 0 Å². The average Bonchev–Trinajstić information content (AvgIpc) is 3.56. The van der Waals surface area contributed by atoms with Crippen molar-refractivity contribution in [1.82, 2.24) is 19.9 Å². The molecular formula is C44H26N4O. The fraction of sp³-hybridized carbons (Fsp3) is 0. The Morgan fingerprint density at radius 3 is 1.69 bits per heavy atom. The van der Waals surface area contributed by atoms with Crippen molar-refractivity contribution in [1.29, 1.82) is 0 Å². The van der Waals surface area contributed by atoms with Crippen molar-refractivity contribution in [2.75, 3.05) is 0 Å². The van der Waals surface area contributed by atoms with Crippen molar-refractivity contribution < 1.29 is 4.42 Å². The van der Waals surface area contributed by atoms with Gasteiger partial charge in [-0.05, 0) is 67.7 Å². The van der Waals surface area contributed by atoms with Gasteiger partial charge in [-0.2, -0.15) is 0 Å². The van der Waals surface area contributed by atoms with Gasteiger partial charge in [0.1, 0.15) is 5.58 Å². The lowest BCUT2D eigenvalue weighted by Crippen LogP contribution is -2.00. The molecule has 10 aromatic rings. The van der Waals surface area contributed by atoms with Gasteiger partial charge in [0.2, 0.25) is 5.71 Å². The molecule has 5 nitrogen and oxygen atoms in total. The van der Waals surface area contributed by atoms with E-state index in [1.807, 2.05) is 66.7 Å². The first-order valence-corrected chi connectivity index (χ1v) is 16.3. The molecule has 0 N–H and O–H groups in total. The van der Waals surface area contributed by atoms with Crippen molar-refractivity contribution >= 4 is 54.4 Å². The van der Waals surface area contributed by atoms with E-state index in [2.05, 4.69) is 89.9 Å². The van der Waals surface area contributed by atoms with Gasteiger partial charge in [0.25, 0.3) is 0 Å². The highest BCUT2D eigenvalue weighted by molar-refractivity contribution is 6.18. The fourth-order valence-corrected chi connectivity index (χ4v) is 7.00. The summed E-state index contributed by atoms with van der Waals surface area (Å²) < 4.78 is 6.41. The zero-order valence-corrected chi connectivity index (χ0v) is 26.2. The summed E-state index contributed by atoms with van der Waals surface area (Å²) in [5.74, 6) is 1.80. The molecule has 0 aliphatic rings. The van der Waals surface area contributed by atoms with Crippen molar-refractivity contribution in [3.8, 4) is 45.3 Å². The van der Waals surface area contributed by atoms with Crippen molar-refractivity contribution in [3.05, 3.63) is 158 Å². The van der Waals surface area contributed by atoms with E-state index in [9.17, 15) is 0 Å². The molecule has 0 unspecified atom stereocenters. The molecule has 0 spiro atoms. The molecule has 0 radical (unpaired) electrons. The van der Waals surface area contributed by atoms with Crippen LogP contribution in [-0.2, 0) is 0 Å². The minimum atomic E-state index is 0.546. The second kappa shape index (κ2) is 10.9. The quantitative estimate of drug-likeness (QED) is 0.182. The summed E-state index contributed by atoms with van der Waals surface area (Å²) in [6, 6.07) is 52.5. The Bertz CT molecular complexity index is 2820. The van der Waals surface area contributed by atoms with Crippen LogP contribution in [0.15, 0.2) is 162 Å². The standard InChI is InChI=1S/C44H26N4O/c1-3-10-28(11-4-1)41-46-42(29-12-5-2-6-13-29)48-43(47-41)38-23-24-45-44-40(38)37-22-17-31(26-39(37)49-44)30-16-19-34-32(25-30)18-21-35-33-14-8-7-9-27(33)15-20-36(34)35/h1-26H. The van der Waals surface area contributed by atoms with E-state index >= 15 is 0 Å². The number of nitrogens with zero attached hydrogens (tertiary/aromatic N) is 4. The second-order valence-corrected chi connectivity index (χ2v) is 12.3. The first kappa shape index (κ1) is 27.4. The summed E-state index contributed by atoms with van der Waals surface area (Å²) in [5.41, 5.74) is 6.20. The van der Waals surface area contributed by atoms with Gasteiger partial charge in [-0.3, -0.25) is 0 Å². The van der Waals surface area contributed by atoms with E-state index in [-0.39, 0.29) is 0 Å². The summed E-state index contributed by atoms with van der Waals surface area (Å²) in [6.07, 6.45) is 1.76. The smallest absolute Gasteiger partial charge is 0.228 e. The number of hydrogen-bond donors (Lipinski definition) is 0. The molecule has 228 valence electrons. The molecule has 0 saturated heterocycles. The Labute approximate surface area is 281 Å². The van der Waals surface area contributed by atoms with Crippen LogP contribution < -0.4 is 0 Å². The number of benzene rings is 7. The third-order valence-electron chi connectivity index (χ3n) is 9.39. The Morgan fingerprint density at radius 2 is 0.959 bits per heavy atom. The highest BCUT2D eigenvalue weighted by Crippen LogP contribution is 2.38. The summed E-state index contributed by atoms with van der Waals surface area (Å²) in [6.45, 7) is 0. The zero-order valence-electron chi connectivity index (χ0n) is 26.2. The number of rotatable bonds is 4. The third kappa shape index (κ3) is 4.55. The number of hydrogen-bond acceptors (Lipinski definition) is 5. The predicted octanol–water partition coefficient (Wildman–Crippen LogP) is 11.3. The van der Waals surface area contributed by atoms with Gasteiger partial charge < -0.3 is 4.42 Å². The minimum Gasteiger partial charge on any atom is -0.438 e. The lowest BCUT2D eigenvalue weighted by Gasteiger charge is -2.10. The van der Waals surface area contributed by atoms with E-state index in [0.29, 0.717) is 23.2 Å². The predicted molar refractivity (Wildman–Crippen MR) is 199 cm³/mol. The zero-order chi connectivity index (χ0) is 32.3. The number of pyridine rings is 1. The molecule has 49 heavy (non-hydrogen) atoms. The van der Waals surface area contributed by atoms with Crippen molar-refractivity contribution in [2.45, 2.75) is 0 Å². The number of aromatic nitrogens is 4. The lowest BCUT2D eigenvalue weighted by molar-refractivity contribution is 0.654. The topological polar surface area (TPSA) is 64.7 Å². The van der Waals surface area contributed by atoms with Crippen LogP contribution in [0.1, 0.15) is 0 Å². The minimum absolute atomic E-state index is 0.546. The van der Waals surface area contributed by atoms with Gasteiger partial charge in [0.15, 0.2) is 17.5 Å². The van der Waals surface area contributed by atoms with Gasteiger partial charge >= 0.3 is 0 Å². The van der Waals surface area contributed by atoms with E-state index < -0.39 is 0 Å². The van der Waals surface area contributed by atoms with Gasteiger partial charge in [-0.15, -0.1) is 0 Å². The van der Waals surface area contributed by atoms with Crippen LogP contribution in [-0.4, -0.2) is 19.9 Å². The molecule has 7 aromatic carbocycles. The molecule has 5 heteroatoms. The van der Waals surface area contributed by atoms with E-state index in [4.69, 9.17) is 19.4 Å². The maximum absolute atomic E-state index is 6.41. The van der Waals surface area contributed by atoms with Gasteiger partial charge in [-0.1, -0.05) is 127 Å². The molecule has 3 aromatic heterocycles. The lowest BCUT2D eigenvalue weighted by atomic mass is 9.94. The molecule has 0 fully saturated rings. The number of fused-ring (bicyclic) bond motifs is 8. The van der Waals surface area contributed by atoms with E-state index in [1.165, 1.54) is 32.3 Å². The monoisotopic (exact) mass is 626 g/mol. The van der Waals surface area contributed by atoms with Gasteiger partial charge in [-0.25, -0.2) is 19.9 Å². The second-order valence-electron chi connectivity index (χ2n) is 12.3. The summed E-state index contributed by atoms with van der Waals surface area (Å²) in [7, 11) is 0. The maximum Gasteiger partial charge on any atom is 0.228 e. The molecule has 0 amide bonds. The summed E-state index contributed by atoms with van der Waals surface area (Å²) in [4.78, 5) is 19.4. The van der Waals surface area contributed by atoms with Crippen LogP contribution >= 0.6 is 0 Å². The molecule has 0 aliphatic heterocycles. The van der Waals surface area contributed by atoms with Crippen LogP contribution in [0.3, 0.4) is 0 Å². The van der Waals surface area contributed by atoms with Gasteiger partial charge in [0, 0.05) is 28.3 Å². The normalized spacial score (nSPS) is 11.7. The highest BCUT2D eigenvalue weighted by atomic mass is 16.3. The Kier molecular flexibility index (Phi) is 6.11. The fourth-order valence-electron chi connectivity index (χ4n) is 7.00. The molecule has 0 bridgehead atoms. The van der Waals surface area contributed by atoms with Crippen molar-refractivity contribution in [3.63, 3.8) is 0 Å². The SMILES string of the molecule is c1ccc(-c2nc(-c3ccccc3)nc(-c3ccnc4oc5cc(-c6ccc7c(ccc8c9ccccc9ccc78)c6)ccc5c34)n2)cc1. The molecular weight excluding hydrogens is 601 g/mol. The average molecular weight is 627 g/mol. The summed E-state index contributed by atoms with van der Waals surface area (Å²) in [5, 5.41) is 9.35. The first-order valence-electron chi connectivity index (χ1n) is 16.3. The third-order valence-corrected chi connectivity index (χ3v) is 9.39. The molecule has 3 heterocycles. The Balaban J connectivity index is 1.10. The van der Waals surface area contributed by atoms with Crippen LogP contribution in [0.5, 0.6) is 0 Å². The highest BCUT2D eigenvalue weighted by Gasteiger charge is 2.19. The Hall–Kier alpha value is -6.72. The van der Waals surface area contributed by atoms with Crippen LogP contribution in [0, 0.1) is 0 Å². The van der Waals surface area contributed by atoms with Crippen molar-refractivity contribution in [2.24, 2.45) is 0 Å². The van der Waals surface area contributed by atoms with E-state index in [0.717, 1.165) is 44.2 Å². The van der Waals surface area contributed by atoms with Crippen LogP contribution in [0.2, 0.25) is 0 Å². The Morgan fingerprint density at radius 1 is 0.388 bits per heavy atom. The number of furan rings is 1. The van der Waals surface area contributed by atoms with E-state index in [1.54, 1.807) is 6.20 Å². The molecule has 0 aliphatic carbocycles. The maximum atomic E-state index is 6.41. The molecule has 0 saturated carbocycles. The molecule has 10 rings (SSSR count). The summed E-state index contributed by atoms with van der Waals surface area (Å²) >= 11 is 0. The van der Waals surface area contributed by atoms with Crippen LogP contribution in [0.25, 0.3) is 99.7 Å². The molecule has 0 atom stereocenters. The van der Waals surface area contributed by atoms with Gasteiger partial charge in [0.05, 0.1) is 5.39 Å².